The molecule has 1 aromatic heterocycles. The molecule has 190 valence electrons. The minimum absolute atomic E-state index is 0.122. The first-order chi connectivity index (χ1) is 17.9. The van der Waals surface area contributed by atoms with Gasteiger partial charge in [0, 0.05) is 28.6 Å². The van der Waals surface area contributed by atoms with E-state index in [-0.39, 0.29) is 35.5 Å². The van der Waals surface area contributed by atoms with Gasteiger partial charge in [-0.05, 0) is 67.5 Å². The van der Waals surface area contributed by atoms with Crippen molar-refractivity contribution in [3.05, 3.63) is 120 Å². The van der Waals surface area contributed by atoms with Crippen LogP contribution in [0.4, 0.5) is 17.6 Å². The lowest BCUT2D eigenvalue weighted by molar-refractivity contribution is 0.291. The monoisotopic (exact) mass is 505 g/mol. The van der Waals surface area contributed by atoms with Gasteiger partial charge in [-0.25, -0.2) is 13.2 Å². The Balaban J connectivity index is 1.43. The lowest BCUT2D eigenvalue weighted by atomic mass is 9.98. The summed E-state index contributed by atoms with van der Waals surface area (Å²) in [4.78, 5) is 4.14. The van der Waals surface area contributed by atoms with Crippen LogP contribution in [0.5, 0.6) is 5.75 Å². The largest absolute Gasteiger partial charge is 0.490 e. The molecule has 0 saturated heterocycles. The van der Waals surface area contributed by atoms with Crippen LogP contribution in [0.2, 0.25) is 0 Å². The average Bonchev–Trinajstić information content (AvgIpc) is 2.91. The quantitative estimate of drug-likeness (QED) is 0.123. The van der Waals surface area contributed by atoms with E-state index in [4.69, 9.17) is 4.74 Å². The van der Waals surface area contributed by atoms with E-state index in [1.54, 1.807) is 54.6 Å². The molecular weight excluding hydrogens is 478 g/mol. The number of nitrogens with zero attached hydrogens (tertiary/aromatic N) is 1. The second-order valence-corrected chi connectivity index (χ2v) is 8.80. The molecule has 0 aliphatic heterocycles. The Bertz CT molecular complexity index is 1380. The molecule has 0 unspecified atom stereocenters. The minimum Gasteiger partial charge on any atom is -0.490 e. The normalized spacial score (nSPS) is 10.9. The number of hydrogen-bond acceptors (Lipinski definition) is 2. The smallest absolute Gasteiger partial charge is 0.201 e. The van der Waals surface area contributed by atoms with E-state index < -0.39 is 23.3 Å². The van der Waals surface area contributed by atoms with E-state index in [1.165, 1.54) is 18.3 Å². The van der Waals surface area contributed by atoms with Gasteiger partial charge in [0.05, 0.1) is 6.61 Å². The Morgan fingerprint density at radius 2 is 1.43 bits per heavy atom. The van der Waals surface area contributed by atoms with Gasteiger partial charge in [0.1, 0.15) is 0 Å². The van der Waals surface area contributed by atoms with E-state index in [0.29, 0.717) is 24.0 Å². The molecule has 4 aromatic rings. The zero-order valence-corrected chi connectivity index (χ0v) is 20.5. The van der Waals surface area contributed by atoms with Crippen molar-refractivity contribution in [2.45, 2.75) is 32.6 Å². The number of pyridine rings is 1. The van der Waals surface area contributed by atoms with Crippen molar-refractivity contribution in [2.75, 3.05) is 6.61 Å². The topological polar surface area (TPSA) is 22.1 Å². The summed E-state index contributed by atoms with van der Waals surface area (Å²) in [6.45, 7) is 5.71. The zero-order valence-electron chi connectivity index (χ0n) is 20.5. The number of unbranched alkanes of at least 4 members (excludes halogenated alkanes) is 1. The van der Waals surface area contributed by atoms with Crippen molar-refractivity contribution in [1.29, 1.82) is 0 Å². The van der Waals surface area contributed by atoms with Gasteiger partial charge in [-0.3, -0.25) is 4.98 Å². The fourth-order valence-electron chi connectivity index (χ4n) is 4.04. The van der Waals surface area contributed by atoms with E-state index in [9.17, 15) is 17.6 Å². The van der Waals surface area contributed by atoms with E-state index in [2.05, 4.69) is 11.6 Å². The van der Waals surface area contributed by atoms with Gasteiger partial charge < -0.3 is 4.74 Å². The van der Waals surface area contributed by atoms with Gasteiger partial charge >= 0.3 is 0 Å². The molecule has 2 nitrogen and oxygen atoms in total. The molecule has 0 aliphatic carbocycles. The van der Waals surface area contributed by atoms with Crippen LogP contribution >= 0.6 is 0 Å². The van der Waals surface area contributed by atoms with Crippen LogP contribution in [0.3, 0.4) is 0 Å². The summed E-state index contributed by atoms with van der Waals surface area (Å²) in [5, 5.41) is 0. The Labute approximate surface area is 214 Å². The van der Waals surface area contributed by atoms with Crippen molar-refractivity contribution in [2.24, 2.45) is 0 Å². The Kier molecular flexibility index (Phi) is 8.39. The molecule has 0 atom stereocenters. The molecule has 0 spiro atoms. The third-order valence-electron chi connectivity index (χ3n) is 6.19. The van der Waals surface area contributed by atoms with Gasteiger partial charge in [-0.15, -0.1) is 6.58 Å². The van der Waals surface area contributed by atoms with Gasteiger partial charge in [-0.2, -0.15) is 4.39 Å². The number of hydrogen-bond donors (Lipinski definition) is 0. The highest BCUT2D eigenvalue weighted by atomic mass is 19.2. The van der Waals surface area contributed by atoms with Crippen molar-refractivity contribution in [1.82, 2.24) is 4.98 Å². The number of halogens is 4. The third-order valence-corrected chi connectivity index (χ3v) is 6.19. The summed E-state index contributed by atoms with van der Waals surface area (Å²) in [5.74, 6) is -3.90. The molecule has 3 aromatic carbocycles. The first-order valence-electron chi connectivity index (χ1n) is 12.1. The summed E-state index contributed by atoms with van der Waals surface area (Å²) < 4.78 is 64.0. The summed E-state index contributed by atoms with van der Waals surface area (Å²) in [6, 6.07) is 16.4. The van der Waals surface area contributed by atoms with Crippen molar-refractivity contribution in [3.63, 3.8) is 0 Å². The second-order valence-electron chi connectivity index (χ2n) is 8.80. The summed E-state index contributed by atoms with van der Waals surface area (Å²) in [6.07, 6.45) is 5.40. The maximum absolute atomic E-state index is 14.8. The van der Waals surface area contributed by atoms with Crippen LogP contribution in [-0.2, 0) is 12.8 Å². The van der Waals surface area contributed by atoms with Crippen LogP contribution < -0.4 is 4.74 Å². The number of ether oxygens (including phenoxy) is 1. The first kappa shape index (κ1) is 26.1. The van der Waals surface area contributed by atoms with Gasteiger partial charge in [0.2, 0.25) is 5.82 Å². The van der Waals surface area contributed by atoms with Crippen LogP contribution in [0, 0.1) is 30.2 Å². The van der Waals surface area contributed by atoms with Crippen molar-refractivity contribution >= 4 is 0 Å². The molecule has 4 rings (SSSR count). The van der Waals surface area contributed by atoms with Crippen molar-refractivity contribution < 1.29 is 22.3 Å². The van der Waals surface area contributed by atoms with Gasteiger partial charge in [-0.1, -0.05) is 48.5 Å². The average molecular weight is 506 g/mol. The minimum atomic E-state index is -1.03. The van der Waals surface area contributed by atoms with Crippen molar-refractivity contribution in [3.8, 4) is 28.0 Å². The standard InChI is InChI=1S/C31H27F4NO/c1-3-4-5-18-37-27-17-16-25(30(34)31(27)35)22-11-7-21(8-12-22)9-13-23-14-15-26(29(33)28(23)32)24-10-6-20(2)36-19-24/h3,6-8,10-12,14-17,19H,1,4-5,9,13,18H2,2H3. The molecule has 0 amide bonds. The van der Waals surface area contributed by atoms with Crippen LogP contribution in [0.1, 0.15) is 29.7 Å². The third kappa shape index (κ3) is 6.08. The number of rotatable bonds is 10. The molecular formula is C31H27F4NO. The maximum Gasteiger partial charge on any atom is 0.201 e. The first-order valence-corrected chi connectivity index (χ1v) is 12.1. The fourth-order valence-corrected chi connectivity index (χ4v) is 4.04. The number of allylic oxidation sites excluding steroid dienone is 1. The van der Waals surface area contributed by atoms with Crippen LogP contribution in [0.15, 0.2) is 79.5 Å². The van der Waals surface area contributed by atoms with E-state index in [0.717, 1.165) is 17.7 Å². The van der Waals surface area contributed by atoms with Gasteiger partial charge in [0.15, 0.2) is 23.2 Å². The Morgan fingerprint density at radius 3 is 2.14 bits per heavy atom. The lowest BCUT2D eigenvalue weighted by Crippen LogP contribution is -2.01. The highest BCUT2D eigenvalue weighted by molar-refractivity contribution is 5.66. The van der Waals surface area contributed by atoms with Crippen LogP contribution in [0.25, 0.3) is 22.3 Å². The van der Waals surface area contributed by atoms with E-state index in [1.807, 2.05) is 6.92 Å². The maximum atomic E-state index is 14.8. The second kappa shape index (κ2) is 11.9. The molecule has 0 radical (unpaired) electrons. The predicted molar refractivity (Wildman–Crippen MR) is 138 cm³/mol. The molecule has 0 saturated carbocycles. The number of aromatic nitrogens is 1. The SMILES string of the molecule is C=CCCCOc1ccc(-c2ccc(CCc3ccc(-c4ccc(C)nc4)c(F)c3F)cc2)c(F)c1F. The molecule has 0 fully saturated rings. The molecule has 37 heavy (non-hydrogen) atoms. The molecule has 0 N–H and O–H groups in total. The summed E-state index contributed by atoms with van der Waals surface area (Å²) in [5.41, 5.74) is 3.23. The number of aryl methyl sites for hydroxylation is 3. The van der Waals surface area contributed by atoms with Gasteiger partial charge in [0.25, 0.3) is 0 Å². The van der Waals surface area contributed by atoms with E-state index >= 15 is 0 Å². The summed E-state index contributed by atoms with van der Waals surface area (Å²) in [7, 11) is 0. The Hall–Kier alpha value is -3.93. The Morgan fingerprint density at radius 1 is 0.757 bits per heavy atom. The zero-order chi connectivity index (χ0) is 26.4. The molecule has 6 heteroatoms. The molecule has 0 aliphatic rings. The summed E-state index contributed by atoms with van der Waals surface area (Å²) >= 11 is 0. The molecule has 1 heterocycles. The predicted octanol–water partition coefficient (Wildman–Crippen LogP) is 8.41. The molecule has 0 bridgehead atoms. The van der Waals surface area contributed by atoms with Crippen LogP contribution in [-0.4, -0.2) is 11.6 Å². The fraction of sp³-hybridized carbons (Fsp3) is 0.194. The highest BCUT2D eigenvalue weighted by Crippen LogP contribution is 2.31. The number of benzene rings is 3. The lowest BCUT2D eigenvalue weighted by Gasteiger charge is -2.11. The highest BCUT2D eigenvalue weighted by Gasteiger charge is 2.17.